The smallest absolute Gasteiger partial charge is 0.345 e. The van der Waals surface area contributed by atoms with Crippen LogP contribution in [-0.4, -0.2) is 53.7 Å². The number of amides is 1. The lowest BCUT2D eigenvalue weighted by Gasteiger charge is -2.25. The highest BCUT2D eigenvalue weighted by atomic mass is 19.3. The molecule has 1 saturated heterocycles. The van der Waals surface area contributed by atoms with Crippen molar-refractivity contribution < 1.29 is 33.0 Å². The van der Waals surface area contributed by atoms with Gasteiger partial charge < -0.3 is 24.8 Å². The molecule has 9 heteroatoms. The number of carboxylic acid groups (broad SMARTS) is 1. The van der Waals surface area contributed by atoms with E-state index in [1.54, 1.807) is 24.3 Å². The van der Waals surface area contributed by atoms with Gasteiger partial charge in [-0.25, -0.2) is 4.79 Å². The molecule has 2 aromatic rings. The Morgan fingerprint density at radius 2 is 1.75 bits per heavy atom. The molecule has 0 aliphatic carbocycles. The third-order valence-corrected chi connectivity index (χ3v) is 5.08. The minimum atomic E-state index is -2.99. The normalized spacial score (nSPS) is 17.9. The molecular weight excluding hydrogens is 422 g/mol. The Labute approximate surface area is 184 Å². The summed E-state index contributed by atoms with van der Waals surface area (Å²) in [5.74, 6) is -0.306. The summed E-state index contributed by atoms with van der Waals surface area (Å²) in [5.41, 5.74) is 1.79. The van der Waals surface area contributed by atoms with Crippen molar-refractivity contribution in [2.24, 2.45) is 0 Å². The van der Waals surface area contributed by atoms with Gasteiger partial charge in [-0.3, -0.25) is 4.79 Å². The molecule has 2 N–H and O–H groups in total. The van der Waals surface area contributed by atoms with Gasteiger partial charge in [0.2, 0.25) is 0 Å². The molecule has 3 rings (SSSR count). The molecule has 2 atom stereocenters. The molecule has 170 valence electrons. The number of benzene rings is 2. The summed E-state index contributed by atoms with van der Waals surface area (Å²) < 4.78 is 35.1. The molecule has 1 heterocycles. The Kier molecular flexibility index (Phi) is 7.42. The Hall–Kier alpha value is -3.46. The van der Waals surface area contributed by atoms with Gasteiger partial charge in [-0.05, 0) is 43.3 Å². The van der Waals surface area contributed by atoms with E-state index in [-0.39, 0.29) is 25.4 Å². The van der Waals surface area contributed by atoms with Crippen molar-refractivity contribution in [3.05, 3.63) is 71.9 Å². The average molecular weight is 446 g/mol. The quantitative estimate of drug-likeness (QED) is 0.609. The largest absolute Gasteiger partial charge is 0.480 e. The van der Waals surface area contributed by atoms with Crippen LogP contribution in [0.2, 0.25) is 0 Å². The third kappa shape index (κ3) is 6.04. The van der Waals surface area contributed by atoms with E-state index in [0.717, 1.165) is 5.56 Å². The van der Waals surface area contributed by atoms with E-state index in [9.17, 15) is 23.5 Å². The Morgan fingerprint density at radius 3 is 2.31 bits per heavy atom. The molecule has 0 radical (unpaired) electrons. The van der Waals surface area contributed by atoms with Crippen molar-refractivity contribution in [3.63, 3.8) is 0 Å². The van der Waals surface area contributed by atoms with Crippen molar-refractivity contribution >= 4 is 11.9 Å². The van der Waals surface area contributed by atoms with Crippen LogP contribution in [-0.2, 0) is 9.53 Å². The number of hydrogen-bond acceptors (Lipinski definition) is 5. The number of halogens is 2. The lowest BCUT2D eigenvalue weighted by molar-refractivity contribution is -0.159. The van der Waals surface area contributed by atoms with E-state index in [4.69, 9.17) is 4.74 Å². The molecule has 0 spiro atoms. The van der Waals surface area contributed by atoms with Crippen LogP contribution in [0, 0.1) is 6.92 Å². The molecule has 0 aromatic heterocycles. The number of alkyl halides is 2. The van der Waals surface area contributed by atoms with Gasteiger partial charge >= 0.3 is 12.6 Å². The van der Waals surface area contributed by atoms with E-state index in [2.05, 4.69) is 16.6 Å². The minimum absolute atomic E-state index is 0.0361. The number of carbonyl (C=O) groups is 2. The number of nitrogens with one attached hydrogen (secondary N) is 1. The fraction of sp³-hybridized carbons (Fsp3) is 0.304. The van der Waals surface area contributed by atoms with Gasteiger partial charge in [0.05, 0.1) is 12.6 Å². The standard InChI is InChI=1S/C23H24F2N2O5/c1-14-3-7-17(8-4-14)31-18-9-5-16(6-10-18)21(28)26-12-15(2)27-13-19(32-23(24)25)11-20(27)22(29)30/h3-10,19-20,23H,2,11-13H2,1H3,(H,26,28)(H,29,30)/t19-,20+/m1/s1. The van der Waals surface area contributed by atoms with Crippen molar-refractivity contribution in [1.29, 1.82) is 0 Å². The van der Waals surface area contributed by atoms with Crippen molar-refractivity contribution in [3.8, 4) is 11.5 Å². The SMILES string of the molecule is C=C(CNC(=O)c1ccc(Oc2ccc(C)cc2)cc1)N1C[C@H](OC(F)F)C[C@H]1C(=O)O. The summed E-state index contributed by atoms with van der Waals surface area (Å²) >= 11 is 0. The monoisotopic (exact) mass is 446 g/mol. The van der Waals surface area contributed by atoms with Gasteiger partial charge in [-0.15, -0.1) is 0 Å². The molecule has 0 saturated carbocycles. The highest BCUT2D eigenvalue weighted by molar-refractivity contribution is 5.94. The molecule has 1 amide bonds. The summed E-state index contributed by atoms with van der Waals surface area (Å²) in [7, 11) is 0. The lowest BCUT2D eigenvalue weighted by atomic mass is 10.2. The number of aliphatic carboxylic acids is 1. The maximum Gasteiger partial charge on any atom is 0.345 e. The number of rotatable bonds is 9. The molecule has 0 bridgehead atoms. The Bertz CT molecular complexity index is 963. The first-order valence-corrected chi connectivity index (χ1v) is 9.96. The molecule has 1 aliphatic rings. The van der Waals surface area contributed by atoms with E-state index >= 15 is 0 Å². The van der Waals surface area contributed by atoms with Crippen LogP contribution in [0.3, 0.4) is 0 Å². The number of nitrogens with zero attached hydrogens (tertiary/aromatic N) is 1. The first kappa shape index (κ1) is 23.2. The van der Waals surface area contributed by atoms with Gasteiger partial charge in [-0.2, -0.15) is 8.78 Å². The predicted octanol–water partition coefficient (Wildman–Crippen LogP) is 3.80. The molecular formula is C23H24F2N2O5. The molecule has 0 unspecified atom stereocenters. The van der Waals surface area contributed by atoms with E-state index in [1.807, 2.05) is 31.2 Å². The zero-order valence-corrected chi connectivity index (χ0v) is 17.5. The van der Waals surface area contributed by atoms with Crippen molar-refractivity contribution in [2.45, 2.75) is 32.1 Å². The number of likely N-dealkylation sites (tertiary alicyclic amines) is 1. The number of ether oxygens (including phenoxy) is 2. The summed E-state index contributed by atoms with van der Waals surface area (Å²) in [5, 5.41) is 12.0. The fourth-order valence-electron chi connectivity index (χ4n) is 3.43. The number of carbonyl (C=O) groups excluding carboxylic acids is 1. The Morgan fingerprint density at radius 1 is 1.16 bits per heavy atom. The zero-order valence-electron chi connectivity index (χ0n) is 17.5. The molecule has 1 fully saturated rings. The van der Waals surface area contributed by atoms with Gasteiger partial charge in [0, 0.05) is 24.2 Å². The van der Waals surface area contributed by atoms with Gasteiger partial charge in [0.15, 0.2) is 0 Å². The number of hydrogen-bond donors (Lipinski definition) is 2. The van der Waals surface area contributed by atoms with E-state index < -0.39 is 24.7 Å². The summed E-state index contributed by atoms with van der Waals surface area (Å²) in [4.78, 5) is 25.3. The van der Waals surface area contributed by atoms with Crippen LogP contribution in [0.15, 0.2) is 60.8 Å². The fourth-order valence-corrected chi connectivity index (χ4v) is 3.43. The summed E-state index contributed by atoms with van der Waals surface area (Å²) in [6, 6.07) is 13.0. The predicted molar refractivity (Wildman–Crippen MR) is 113 cm³/mol. The average Bonchev–Trinajstić information content (AvgIpc) is 3.17. The van der Waals surface area contributed by atoms with Crippen LogP contribution in [0.4, 0.5) is 8.78 Å². The second kappa shape index (κ2) is 10.2. The Balaban J connectivity index is 1.54. The van der Waals surface area contributed by atoms with Crippen LogP contribution < -0.4 is 10.1 Å². The minimum Gasteiger partial charge on any atom is -0.480 e. The molecule has 7 nitrogen and oxygen atoms in total. The summed E-state index contributed by atoms with van der Waals surface area (Å²) in [6.07, 6.45) is -1.01. The van der Waals surface area contributed by atoms with Crippen molar-refractivity contribution in [2.75, 3.05) is 13.1 Å². The zero-order chi connectivity index (χ0) is 23.3. The molecule has 32 heavy (non-hydrogen) atoms. The first-order chi connectivity index (χ1) is 15.2. The van der Waals surface area contributed by atoms with Crippen LogP contribution >= 0.6 is 0 Å². The van der Waals surface area contributed by atoms with Crippen LogP contribution in [0.25, 0.3) is 0 Å². The number of aryl methyl sites for hydroxylation is 1. The highest BCUT2D eigenvalue weighted by Gasteiger charge is 2.39. The lowest BCUT2D eigenvalue weighted by Crippen LogP contribution is -2.39. The molecule has 1 aliphatic heterocycles. The van der Waals surface area contributed by atoms with Gasteiger partial charge in [-0.1, -0.05) is 24.3 Å². The third-order valence-electron chi connectivity index (χ3n) is 5.08. The second-order valence-corrected chi connectivity index (χ2v) is 7.45. The van der Waals surface area contributed by atoms with E-state index in [0.29, 0.717) is 22.8 Å². The van der Waals surface area contributed by atoms with Crippen LogP contribution in [0.1, 0.15) is 22.3 Å². The maximum atomic E-state index is 12.5. The highest BCUT2D eigenvalue weighted by Crippen LogP contribution is 2.26. The van der Waals surface area contributed by atoms with Crippen LogP contribution in [0.5, 0.6) is 11.5 Å². The van der Waals surface area contributed by atoms with Crippen molar-refractivity contribution in [1.82, 2.24) is 10.2 Å². The molecule has 2 aromatic carbocycles. The second-order valence-electron chi connectivity index (χ2n) is 7.45. The maximum absolute atomic E-state index is 12.5. The summed E-state index contributed by atoms with van der Waals surface area (Å²) in [6.45, 7) is 2.72. The number of carboxylic acids is 1. The van der Waals surface area contributed by atoms with Gasteiger partial charge in [0.25, 0.3) is 5.91 Å². The van der Waals surface area contributed by atoms with E-state index in [1.165, 1.54) is 4.90 Å². The topological polar surface area (TPSA) is 88.1 Å². The first-order valence-electron chi connectivity index (χ1n) is 9.96. The van der Waals surface area contributed by atoms with Gasteiger partial charge in [0.1, 0.15) is 17.5 Å².